The predicted octanol–water partition coefficient (Wildman–Crippen LogP) is 5.47. The number of hydrogen-bond donors (Lipinski definition) is 1. The van der Waals surface area contributed by atoms with Gasteiger partial charge >= 0.3 is 0 Å². The zero-order valence-electron chi connectivity index (χ0n) is 18.1. The summed E-state index contributed by atoms with van der Waals surface area (Å²) < 4.78 is 13.7. The molecule has 170 valence electrons. The highest BCUT2D eigenvalue weighted by atomic mass is 79.9. The predicted molar refractivity (Wildman–Crippen MR) is 133 cm³/mol. The Morgan fingerprint density at radius 3 is 2.94 bits per heavy atom. The summed E-state index contributed by atoms with van der Waals surface area (Å²) in [5, 5.41) is 8.64. The molecule has 0 radical (unpaired) electrons. The third kappa shape index (κ3) is 4.64. The fourth-order valence-electron chi connectivity index (χ4n) is 3.92. The van der Waals surface area contributed by atoms with Crippen LogP contribution in [-0.4, -0.2) is 46.4 Å². The highest BCUT2D eigenvalue weighted by molar-refractivity contribution is 9.10. The number of fused-ring (bicyclic) bond motifs is 2. The SMILES string of the molecule is CN(CCCNc1cc(-c2ccccc2Cl)nc2c(Br)cnn12)Cc1cccc2c1OCO2. The molecule has 1 N–H and O–H groups in total. The summed E-state index contributed by atoms with van der Waals surface area (Å²) >= 11 is 9.97. The second kappa shape index (κ2) is 9.59. The van der Waals surface area contributed by atoms with Gasteiger partial charge < -0.3 is 19.7 Å². The second-order valence-electron chi connectivity index (χ2n) is 7.90. The van der Waals surface area contributed by atoms with Crippen LogP contribution in [0, 0.1) is 0 Å². The van der Waals surface area contributed by atoms with Crippen molar-refractivity contribution >= 4 is 39.0 Å². The van der Waals surface area contributed by atoms with E-state index in [4.69, 9.17) is 26.1 Å². The van der Waals surface area contributed by atoms with E-state index in [2.05, 4.69) is 44.4 Å². The van der Waals surface area contributed by atoms with Gasteiger partial charge in [0.25, 0.3) is 0 Å². The van der Waals surface area contributed by atoms with Crippen molar-refractivity contribution in [2.24, 2.45) is 0 Å². The zero-order valence-corrected chi connectivity index (χ0v) is 20.4. The van der Waals surface area contributed by atoms with E-state index in [0.717, 1.165) is 70.3 Å². The van der Waals surface area contributed by atoms with E-state index < -0.39 is 0 Å². The number of rotatable bonds is 8. The summed E-state index contributed by atoms with van der Waals surface area (Å²) in [4.78, 5) is 7.04. The first kappa shape index (κ1) is 22.0. The highest BCUT2D eigenvalue weighted by Gasteiger charge is 2.18. The normalized spacial score (nSPS) is 12.6. The van der Waals surface area contributed by atoms with Crippen LogP contribution in [0.2, 0.25) is 5.02 Å². The molecule has 0 bridgehead atoms. The summed E-state index contributed by atoms with van der Waals surface area (Å²) in [5.41, 5.74) is 3.57. The first-order valence-electron chi connectivity index (χ1n) is 10.7. The lowest BCUT2D eigenvalue weighted by Crippen LogP contribution is -2.21. The van der Waals surface area contributed by atoms with Crippen LogP contribution in [0.5, 0.6) is 11.5 Å². The monoisotopic (exact) mass is 527 g/mol. The number of anilines is 1. The minimum Gasteiger partial charge on any atom is -0.454 e. The number of ether oxygens (including phenoxy) is 2. The van der Waals surface area contributed by atoms with Crippen LogP contribution >= 0.6 is 27.5 Å². The number of nitrogens with one attached hydrogen (secondary N) is 1. The summed E-state index contributed by atoms with van der Waals surface area (Å²) in [6.07, 6.45) is 2.71. The van der Waals surface area contributed by atoms with Crippen molar-refractivity contribution in [1.82, 2.24) is 19.5 Å². The van der Waals surface area contributed by atoms with Crippen molar-refractivity contribution in [2.45, 2.75) is 13.0 Å². The van der Waals surface area contributed by atoms with Gasteiger partial charge in [-0.05, 0) is 48.1 Å². The molecule has 9 heteroatoms. The quantitative estimate of drug-likeness (QED) is 0.306. The molecule has 7 nitrogen and oxygen atoms in total. The van der Waals surface area contributed by atoms with Gasteiger partial charge in [-0.3, -0.25) is 0 Å². The van der Waals surface area contributed by atoms with E-state index in [1.165, 1.54) is 0 Å². The van der Waals surface area contributed by atoms with Gasteiger partial charge in [0.1, 0.15) is 5.82 Å². The molecule has 1 aliphatic heterocycles. The van der Waals surface area contributed by atoms with Crippen molar-refractivity contribution in [1.29, 1.82) is 0 Å². The largest absolute Gasteiger partial charge is 0.454 e. The van der Waals surface area contributed by atoms with E-state index in [0.29, 0.717) is 11.8 Å². The average molecular weight is 529 g/mol. The third-order valence-electron chi connectivity index (χ3n) is 5.52. The average Bonchev–Trinajstić information content (AvgIpc) is 3.44. The topological polar surface area (TPSA) is 63.9 Å². The van der Waals surface area contributed by atoms with Gasteiger partial charge in [0, 0.05) is 35.3 Å². The lowest BCUT2D eigenvalue weighted by Gasteiger charge is -2.18. The molecule has 0 saturated carbocycles. The van der Waals surface area contributed by atoms with Crippen molar-refractivity contribution in [3.05, 3.63) is 69.8 Å². The number of aromatic nitrogens is 3. The van der Waals surface area contributed by atoms with Gasteiger partial charge in [-0.2, -0.15) is 9.61 Å². The van der Waals surface area contributed by atoms with Crippen molar-refractivity contribution in [3.8, 4) is 22.8 Å². The molecule has 3 heterocycles. The lowest BCUT2D eigenvalue weighted by atomic mass is 10.1. The van der Waals surface area contributed by atoms with Crippen LogP contribution in [-0.2, 0) is 6.54 Å². The Labute approximate surface area is 205 Å². The minimum atomic E-state index is 0.292. The molecular formula is C24H23BrClN5O2. The first-order valence-corrected chi connectivity index (χ1v) is 11.9. The molecule has 2 aromatic carbocycles. The van der Waals surface area contributed by atoms with Gasteiger partial charge in [-0.25, -0.2) is 4.98 Å². The van der Waals surface area contributed by atoms with Crippen LogP contribution in [0.25, 0.3) is 16.9 Å². The minimum absolute atomic E-state index is 0.292. The molecule has 0 amide bonds. The summed E-state index contributed by atoms with van der Waals surface area (Å²) in [6.45, 7) is 2.80. The number of hydrogen-bond acceptors (Lipinski definition) is 6. The zero-order chi connectivity index (χ0) is 22.8. The Morgan fingerprint density at radius 1 is 1.18 bits per heavy atom. The summed E-state index contributed by atoms with van der Waals surface area (Å²) in [5.74, 6) is 2.55. The van der Waals surface area contributed by atoms with E-state index in [-0.39, 0.29) is 0 Å². The van der Waals surface area contributed by atoms with Crippen LogP contribution < -0.4 is 14.8 Å². The van der Waals surface area contributed by atoms with Crippen molar-refractivity contribution < 1.29 is 9.47 Å². The fraction of sp³-hybridized carbons (Fsp3) is 0.250. The van der Waals surface area contributed by atoms with Crippen LogP contribution in [0.1, 0.15) is 12.0 Å². The van der Waals surface area contributed by atoms with Crippen molar-refractivity contribution in [2.75, 3.05) is 32.2 Å². The van der Waals surface area contributed by atoms with Gasteiger partial charge in [0.2, 0.25) is 6.79 Å². The maximum Gasteiger partial charge on any atom is 0.231 e. The standard InChI is InChI=1S/C24H23BrClN5O2/c1-30(14-16-6-4-9-21-23(16)33-15-32-21)11-5-10-27-22-12-20(17-7-2-3-8-19(17)26)29-24-18(25)13-28-31(22)24/h2-4,6-9,12-13,27H,5,10-11,14-15H2,1H3. The second-order valence-corrected chi connectivity index (χ2v) is 9.16. The van der Waals surface area contributed by atoms with Gasteiger partial charge in [-0.15, -0.1) is 0 Å². The molecule has 0 spiro atoms. The molecule has 0 aliphatic carbocycles. The third-order valence-corrected chi connectivity index (χ3v) is 6.41. The van der Waals surface area contributed by atoms with Crippen LogP contribution in [0.4, 0.5) is 5.82 Å². The van der Waals surface area contributed by atoms with E-state index in [1.54, 1.807) is 10.7 Å². The molecule has 5 rings (SSSR count). The van der Waals surface area contributed by atoms with Crippen molar-refractivity contribution in [3.63, 3.8) is 0 Å². The Morgan fingerprint density at radius 2 is 2.06 bits per heavy atom. The molecule has 0 atom stereocenters. The molecular weight excluding hydrogens is 506 g/mol. The van der Waals surface area contributed by atoms with E-state index in [9.17, 15) is 0 Å². The van der Waals surface area contributed by atoms with Gasteiger partial charge in [-0.1, -0.05) is 41.9 Å². The number of benzene rings is 2. The molecule has 1 aliphatic rings. The number of halogens is 2. The smallest absolute Gasteiger partial charge is 0.231 e. The molecule has 0 unspecified atom stereocenters. The summed E-state index contributed by atoms with van der Waals surface area (Å²) in [6, 6.07) is 15.7. The van der Waals surface area contributed by atoms with Crippen LogP contribution in [0.3, 0.4) is 0 Å². The Hall–Kier alpha value is -2.81. The molecule has 0 fully saturated rings. The maximum atomic E-state index is 6.42. The Bertz CT molecular complexity index is 1300. The number of para-hydroxylation sites is 1. The first-order chi connectivity index (χ1) is 16.1. The summed E-state index contributed by atoms with van der Waals surface area (Å²) in [7, 11) is 2.11. The lowest BCUT2D eigenvalue weighted by molar-refractivity contribution is 0.172. The maximum absolute atomic E-state index is 6.42. The van der Waals surface area contributed by atoms with Crippen LogP contribution in [0.15, 0.2) is 59.2 Å². The van der Waals surface area contributed by atoms with E-state index in [1.807, 2.05) is 42.5 Å². The Balaban J connectivity index is 1.25. The molecule has 0 saturated heterocycles. The number of nitrogens with zero attached hydrogens (tertiary/aromatic N) is 4. The molecule has 33 heavy (non-hydrogen) atoms. The Kier molecular flexibility index (Phi) is 6.39. The highest BCUT2D eigenvalue weighted by Crippen LogP contribution is 2.36. The fourth-order valence-corrected chi connectivity index (χ4v) is 4.50. The van der Waals surface area contributed by atoms with Gasteiger partial charge in [0.05, 0.1) is 16.4 Å². The van der Waals surface area contributed by atoms with E-state index >= 15 is 0 Å². The van der Waals surface area contributed by atoms with Gasteiger partial charge in [0.15, 0.2) is 17.1 Å². The molecule has 2 aromatic heterocycles. The molecule has 4 aromatic rings.